The number of nitrogens with zero attached hydrogens (tertiary/aromatic N) is 5. The first-order valence-corrected chi connectivity index (χ1v) is 9.75. The molecule has 1 fully saturated rings. The number of anilines is 3. The van der Waals surface area contributed by atoms with E-state index in [1.54, 1.807) is 4.52 Å². The third kappa shape index (κ3) is 3.52. The summed E-state index contributed by atoms with van der Waals surface area (Å²) in [6, 6.07) is 20.9. The van der Waals surface area contributed by atoms with Gasteiger partial charge in [-0.1, -0.05) is 30.3 Å². The maximum absolute atomic E-state index is 5.54. The Morgan fingerprint density at radius 1 is 1.07 bits per heavy atom. The number of rotatable bonds is 4. The molecule has 29 heavy (non-hydrogen) atoms. The van der Waals surface area contributed by atoms with Gasteiger partial charge in [0.1, 0.15) is 12.1 Å². The van der Waals surface area contributed by atoms with E-state index >= 15 is 0 Å². The van der Waals surface area contributed by atoms with Crippen LogP contribution in [0.5, 0.6) is 0 Å². The van der Waals surface area contributed by atoms with Crippen molar-refractivity contribution in [3.05, 3.63) is 67.0 Å². The molecule has 7 nitrogen and oxygen atoms in total. The molecule has 2 aromatic carbocycles. The molecular formula is C22H22N6O. The minimum Gasteiger partial charge on any atom is -0.377 e. The predicted octanol–water partition coefficient (Wildman–Crippen LogP) is 3.76. The Hall–Kier alpha value is -3.45. The fraction of sp³-hybridized carbons (Fsp3) is 0.227. The molecule has 0 spiro atoms. The molecule has 7 heteroatoms. The van der Waals surface area contributed by atoms with E-state index in [1.165, 1.54) is 12.0 Å². The van der Waals surface area contributed by atoms with Gasteiger partial charge in [-0.05, 0) is 31.2 Å². The number of morpholine rings is 1. The summed E-state index contributed by atoms with van der Waals surface area (Å²) in [6.45, 7) is 4.64. The Labute approximate surface area is 169 Å². The van der Waals surface area contributed by atoms with Gasteiger partial charge in [0, 0.05) is 35.6 Å². The predicted molar refractivity (Wildman–Crippen MR) is 114 cm³/mol. The van der Waals surface area contributed by atoms with E-state index in [2.05, 4.69) is 56.5 Å². The van der Waals surface area contributed by atoms with E-state index in [4.69, 9.17) is 4.74 Å². The van der Waals surface area contributed by atoms with Gasteiger partial charge in [0.2, 0.25) is 0 Å². The smallest absolute Gasteiger partial charge is 0.254 e. The number of fused-ring (bicyclic) bond motifs is 1. The van der Waals surface area contributed by atoms with E-state index in [9.17, 15) is 0 Å². The second kappa shape index (κ2) is 7.52. The van der Waals surface area contributed by atoms with Crippen molar-refractivity contribution in [2.45, 2.75) is 13.0 Å². The molecule has 1 atom stereocenters. The minimum atomic E-state index is 0.381. The summed E-state index contributed by atoms with van der Waals surface area (Å²) < 4.78 is 7.25. The number of aromatic nitrogens is 4. The monoisotopic (exact) mass is 386 g/mol. The highest BCUT2D eigenvalue weighted by Gasteiger charge is 2.19. The average molecular weight is 386 g/mol. The standard InChI is InChI=1S/C22H22N6O/c1-16-14-29-12-11-27(16)19-9-7-18(8-10-19)25-21-13-20(17-5-3-2-4-6-17)26-22-23-15-24-28(21)22/h2-10,13,15-16,25H,11-12,14H2,1H3. The molecule has 1 saturated heterocycles. The summed E-state index contributed by atoms with van der Waals surface area (Å²) in [5.74, 6) is 1.38. The Bertz CT molecular complexity index is 1110. The van der Waals surface area contributed by atoms with Crippen molar-refractivity contribution < 1.29 is 4.74 Å². The van der Waals surface area contributed by atoms with Crippen molar-refractivity contribution in [2.75, 3.05) is 30.0 Å². The van der Waals surface area contributed by atoms with Crippen molar-refractivity contribution in [1.82, 2.24) is 19.6 Å². The highest BCUT2D eigenvalue weighted by atomic mass is 16.5. The van der Waals surface area contributed by atoms with E-state index in [-0.39, 0.29) is 0 Å². The third-order valence-electron chi connectivity index (χ3n) is 5.16. The zero-order valence-electron chi connectivity index (χ0n) is 16.2. The van der Waals surface area contributed by atoms with E-state index in [0.717, 1.165) is 42.5 Å². The minimum absolute atomic E-state index is 0.381. The first kappa shape index (κ1) is 17.6. The molecule has 0 aliphatic carbocycles. The van der Waals surface area contributed by atoms with Crippen molar-refractivity contribution in [1.29, 1.82) is 0 Å². The van der Waals surface area contributed by atoms with Crippen LogP contribution in [0.3, 0.4) is 0 Å². The third-order valence-corrected chi connectivity index (χ3v) is 5.16. The summed E-state index contributed by atoms with van der Waals surface area (Å²) >= 11 is 0. The van der Waals surface area contributed by atoms with E-state index < -0.39 is 0 Å². The van der Waals surface area contributed by atoms with Crippen molar-refractivity contribution in [3.8, 4) is 11.3 Å². The lowest BCUT2D eigenvalue weighted by Crippen LogP contribution is -2.43. The first-order chi connectivity index (χ1) is 14.3. The molecule has 4 aromatic rings. The summed E-state index contributed by atoms with van der Waals surface area (Å²) in [6.07, 6.45) is 1.52. The van der Waals surface area contributed by atoms with Crippen LogP contribution in [-0.4, -0.2) is 45.4 Å². The number of ether oxygens (including phenoxy) is 1. The van der Waals surface area contributed by atoms with E-state index in [0.29, 0.717) is 11.8 Å². The van der Waals surface area contributed by atoms with Gasteiger partial charge >= 0.3 is 0 Å². The van der Waals surface area contributed by atoms with Gasteiger partial charge in [0.15, 0.2) is 0 Å². The van der Waals surface area contributed by atoms with Crippen LogP contribution in [-0.2, 0) is 4.74 Å². The molecule has 2 aromatic heterocycles. The summed E-state index contributed by atoms with van der Waals surface area (Å²) in [4.78, 5) is 11.3. The normalized spacial score (nSPS) is 16.9. The van der Waals surface area contributed by atoms with Crippen molar-refractivity contribution >= 4 is 23.0 Å². The number of hydrogen-bond donors (Lipinski definition) is 1. The van der Waals surface area contributed by atoms with Gasteiger partial charge in [-0.25, -0.2) is 4.98 Å². The maximum atomic E-state index is 5.54. The number of nitrogens with one attached hydrogen (secondary N) is 1. The maximum Gasteiger partial charge on any atom is 0.254 e. The zero-order chi connectivity index (χ0) is 19.6. The Balaban J connectivity index is 1.45. The summed E-state index contributed by atoms with van der Waals surface area (Å²) in [5, 5.41) is 7.77. The van der Waals surface area contributed by atoms with Gasteiger partial charge in [-0.15, -0.1) is 0 Å². The highest BCUT2D eigenvalue weighted by molar-refractivity contribution is 5.69. The highest BCUT2D eigenvalue weighted by Crippen LogP contribution is 2.26. The average Bonchev–Trinajstić information content (AvgIpc) is 3.25. The van der Waals surface area contributed by atoms with Crippen LogP contribution in [0.4, 0.5) is 17.2 Å². The molecule has 0 saturated carbocycles. The SMILES string of the molecule is CC1COCCN1c1ccc(Nc2cc(-c3ccccc3)nc3ncnn23)cc1. The lowest BCUT2D eigenvalue weighted by Gasteiger charge is -2.35. The Kier molecular flexibility index (Phi) is 4.57. The largest absolute Gasteiger partial charge is 0.377 e. The molecule has 146 valence electrons. The van der Waals surface area contributed by atoms with Gasteiger partial charge in [0.25, 0.3) is 5.78 Å². The van der Waals surface area contributed by atoms with Crippen LogP contribution in [0.15, 0.2) is 67.0 Å². The van der Waals surface area contributed by atoms with Gasteiger partial charge in [-0.3, -0.25) is 0 Å². The molecule has 1 unspecified atom stereocenters. The number of hydrogen-bond acceptors (Lipinski definition) is 6. The number of benzene rings is 2. The second-order valence-corrected chi connectivity index (χ2v) is 7.15. The lowest BCUT2D eigenvalue weighted by molar-refractivity contribution is 0.0989. The molecule has 3 heterocycles. The Morgan fingerprint density at radius 3 is 2.69 bits per heavy atom. The molecular weight excluding hydrogens is 364 g/mol. The molecule has 0 radical (unpaired) electrons. The fourth-order valence-electron chi connectivity index (χ4n) is 3.65. The van der Waals surface area contributed by atoms with Crippen LogP contribution in [0, 0.1) is 0 Å². The molecule has 1 aliphatic rings. The molecule has 1 aliphatic heterocycles. The van der Waals surface area contributed by atoms with Gasteiger partial charge in [0.05, 0.1) is 18.9 Å². The second-order valence-electron chi connectivity index (χ2n) is 7.15. The lowest BCUT2D eigenvalue weighted by atomic mass is 10.1. The van der Waals surface area contributed by atoms with Crippen LogP contribution >= 0.6 is 0 Å². The first-order valence-electron chi connectivity index (χ1n) is 9.75. The zero-order valence-corrected chi connectivity index (χ0v) is 16.2. The van der Waals surface area contributed by atoms with Crippen LogP contribution in [0.1, 0.15) is 6.92 Å². The van der Waals surface area contributed by atoms with Crippen molar-refractivity contribution in [3.63, 3.8) is 0 Å². The quantitative estimate of drug-likeness (QED) is 0.576. The fourth-order valence-corrected chi connectivity index (χ4v) is 3.65. The molecule has 0 amide bonds. The van der Waals surface area contributed by atoms with Crippen LogP contribution in [0.2, 0.25) is 0 Å². The van der Waals surface area contributed by atoms with Crippen LogP contribution in [0.25, 0.3) is 17.0 Å². The molecule has 0 bridgehead atoms. The van der Waals surface area contributed by atoms with E-state index in [1.807, 2.05) is 36.4 Å². The molecule has 1 N–H and O–H groups in total. The topological polar surface area (TPSA) is 67.6 Å². The summed E-state index contributed by atoms with van der Waals surface area (Å²) in [5.41, 5.74) is 4.08. The van der Waals surface area contributed by atoms with Gasteiger partial charge < -0.3 is 15.0 Å². The van der Waals surface area contributed by atoms with Crippen LogP contribution < -0.4 is 10.2 Å². The van der Waals surface area contributed by atoms with Gasteiger partial charge in [-0.2, -0.15) is 14.6 Å². The van der Waals surface area contributed by atoms with Crippen molar-refractivity contribution in [2.24, 2.45) is 0 Å². The molecule has 5 rings (SSSR count). The summed E-state index contributed by atoms with van der Waals surface area (Å²) in [7, 11) is 0. The Morgan fingerprint density at radius 2 is 1.90 bits per heavy atom.